The number of likely N-dealkylation sites (tertiary alicyclic amines) is 1. The van der Waals surface area contributed by atoms with E-state index in [1.165, 1.54) is 30.6 Å². The van der Waals surface area contributed by atoms with E-state index in [4.69, 9.17) is 4.74 Å². The van der Waals surface area contributed by atoms with Crippen molar-refractivity contribution in [1.82, 2.24) is 9.80 Å². The zero-order valence-corrected chi connectivity index (χ0v) is 14.0. The van der Waals surface area contributed by atoms with Gasteiger partial charge in [-0.1, -0.05) is 12.5 Å². The fraction of sp³-hybridized carbons (Fsp3) is 0.706. The Morgan fingerprint density at radius 3 is 2.91 bits per heavy atom. The van der Waals surface area contributed by atoms with Crippen molar-refractivity contribution in [2.45, 2.75) is 38.1 Å². The van der Waals surface area contributed by atoms with Crippen LogP contribution in [0, 0.1) is 0 Å². The Morgan fingerprint density at radius 1 is 1.27 bits per heavy atom. The van der Waals surface area contributed by atoms with Crippen molar-refractivity contribution in [1.29, 1.82) is 0 Å². The number of hydrogen-bond donors (Lipinski definition) is 0. The van der Waals surface area contributed by atoms with Crippen LogP contribution in [-0.4, -0.2) is 61.1 Å². The molecule has 1 atom stereocenters. The third-order valence-corrected chi connectivity index (χ3v) is 5.69. The van der Waals surface area contributed by atoms with E-state index in [1.54, 1.807) is 0 Å². The number of piperidine rings is 1. The summed E-state index contributed by atoms with van der Waals surface area (Å²) in [6, 6.07) is 4.91. The molecule has 1 aromatic rings. The van der Waals surface area contributed by atoms with Gasteiger partial charge in [0.25, 0.3) is 0 Å². The Hall–Kier alpha value is -0.910. The number of ether oxygens (including phenoxy) is 1. The zero-order chi connectivity index (χ0) is 15.2. The highest BCUT2D eigenvalue weighted by Gasteiger charge is 2.26. The SMILES string of the molecule is O=C(CN1CCCC[C@@H]1CCc1cccs1)N1CCOCC1. The first kappa shape index (κ1) is 16.0. The fourth-order valence-electron chi connectivity index (χ4n) is 3.45. The normalized spacial score (nSPS) is 23.6. The van der Waals surface area contributed by atoms with Crippen LogP contribution in [0.15, 0.2) is 17.5 Å². The van der Waals surface area contributed by atoms with Gasteiger partial charge in [0.1, 0.15) is 0 Å². The van der Waals surface area contributed by atoms with Crippen molar-refractivity contribution in [3.63, 3.8) is 0 Å². The summed E-state index contributed by atoms with van der Waals surface area (Å²) < 4.78 is 5.33. The first-order valence-corrected chi connectivity index (χ1v) is 9.33. The number of morpholine rings is 1. The van der Waals surface area contributed by atoms with E-state index in [0.29, 0.717) is 25.8 Å². The molecule has 3 rings (SSSR count). The lowest BCUT2D eigenvalue weighted by atomic mass is 9.97. The maximum absolute atomic E-state index is 12.5. The molecular weight excluding hydrogens is 296 g/mol. The second-order valence-corrected chi connectivity index (χ2v) is 7.26. The van der Waals surface area contributed by atoms with Crippen LogP contribution in [0.5, 0.6) is 0 Å². The number of rotatable bonds is 5. The third-order valence-electron chi connectivity index (χ3n) is 4.76. The Morgan fingerprint density at radius 2 is 2.14 bits per heavy atom. The van der Waals surface area contributed by atoms with Gasteiger partial charge in [0.05, 0.1) is 19.8 Å². The van der Waals surface area contributed by atoms with E-state index < -0.39 is 0 Å². The Kier molecular flexibility index (Phi) is 5.87. The molecule has 2 saturated heterocycles. The fourth-order valence-corrected chi connectivity index (χ4v) is 4.17. The van der Waals surface area contributed by atoms with Gasteiger partial charge in [-0.15, -0.1) is 11.3 Å². The third kappa shape index (κ3) is 4.31. The summed E-state index contributed by atoms with van der Waals surface area (Å²) in [5.74, 6) is 0.284. The first-order valence-electron chi connectivity index (χ1n) is 8.45. The summed E-state index contributed by atoms with van der Waals surface area (Å²) in [5.41, 5.74) is 0. The number of aryl methyl sites for hydroxylation is 1. The smallest absolute Gasteiger partial charge is 0.236 e. The molecule has 4 nitrogen and oxygen atoms in total. The number of carbonyl (C=O) groups excluding carboxylic acids is 1. The van der Waals surface area contributed by atoms with Gasteiger partial charge in [-0.2, -0.15) is 0 Å². The summed E-state index contributed by atoms with van der Waals surface area (Å²) in [6.45, 7) is 4.56. The van der Waals surface area contributed by atoms with Crippen LogP contribution in [0.2, 0.25) is 0 Å². The Labute approximate surface area is 137 Å². The average molecular weight is 322 g/mol. The minimum atomic E-state index is 0.284. The van der Waals surface area contributed by atoms with Crippen molar-refractivity contribution < 1.29 is 9.53 Å². The number of hydrogen-bond acceptors (Lipinski definition) is 4. The highest BCUT2D eigenvalue weighted by atomic mass is 32.1. The van der Waals surface area contributed by atoms with Gasteiger partial charge in [-0.05, 0) is 43.7 Å². The van der Waals surface area contributed by atoms with Crippen LogP contribution < -0.4 is 0 Å². The summed E-state index contributed by atoms with van der Waals surface area (Å²) >= 11 is 1.84. The van der Waals surface area contributed by atoms with Gasteiger partial charge >= 0.3 is 0 Å². The maximum atomic E-state index is 12.5. The van der Waals surface area contributed by atoms with Crippen LogP contribution in [0.25, 0.3) is 0 Å². The predicted octanol–water partition coefficient (Wildman–Crippen LogP) is 2.39. The van der Waals surface area contributed by atoms with Crippen LogP contribution in [0.1, 0.15) is 30.6 Å². The standard InChI is InChI=1S/C17H26N2O2S/c20-17(18-9-11-21-12-10-18)14-19-8-2-1-4-15(19)6-7-16-5-3-13-22-16/h3,5,13,15H,1-2,4,6-12,14H2/t15-/m1/s1. The van der Waals surface area contributed by atoms with Gasteiger partial charge < -0.3 is 9.64 Å². The number of amides is 1. The van der Waals surface area contributed by atoms with Crippen molar-refractivity contribution in [3.05, 3.63) is 22.4 Å². The molecule has 0 aromatic carbocycles. The van der Waals surface area contributed by atoms with Crippen LogP contribution in [0.4, 0.5) is 0 Å². The summed E-state index contributed by atoms with van der Waals surface area (Å²) in [5, 5.41) is 2.15. The van der Waals surface area contributed by atoms with Gasteiger partial charge in [0, 0.05) is 24.0 Å². The van der Waals surface area contributed by atoms with E-state index in [-0.39, 0.29) is 5.91 Å². The second kappa shape index (κ2) is 8.09. The Bertz CT molecular complexity index is 457. The topological polar surface area (TPSA) is 32.8 Å². The molecule has 2 fully saturated rings. The lowest BCUT2D eigenvalue weighted by Gasteiger charge is -2.37. The summed E-state index contributed by atoms with van der Waals surface area (Å²) in [6.07, 6.45) is 6.09. The van der Waals surface area contributed by atoms with E-state index in [1.807, 2.05) is 16.2 Å². The lowest BCUT2D eigenvalue weighted by molar-refractivity contribution is -0.137. The second-order valence-electron chi connectivity index (χ2n) is 6.23. The minimum Gasteiger partial charge on any atom is -0.378 e. The molecule has 0 unspecified atom stereocenters. The van der Waals surface area contributed by atoms with Crippen molar-refractivity contribution in [3.8, 4) is 0 Å². The molecule has 0 radical (unpaired) electrons. The van der Waals surface area contributed by atoms with Crippen molar-refractivity contribution >= 4 is 17.2 Å². The molecule has 3 heterocycles. The van der Waals surface area contributed by atoms with E-state index in [2.05, 4.69) is 22.4 Å². The molecule has 1 aromatic heterocycles. The average Bonchev–Trinajstić information content (AvgIpc) is 3.08. The molecular formula is C17H26N2O2S. The van der Waals surface area contributed by atoms with E-state index in [9.17, 15) is 4.79 Å². The molecule has 2 aliphatic rings. The van der Waals surface area contributed by atoms with Crippen LogP contribution >= 0.6 is 11.3 Å². The molecule has 0 aliphatic carbocycles. The van der Waals surface area contributed by atoms with Crippen LogP contribution in [-0.2, 0) is 16.0 Å². The van der Waals surface area contributed by atoms with Gasteiger partial charge in [0.15, 0.2) is 0 Å². The van der Waals surface area contributed by atoms with E-state index in [0.717, 1.165) is 26.1 Å². The molecule has 22 heavy (non-hydrogen) atoms. The molecule has 2 aliphatic heterocycles. The van der Waals surface area contributed by atoms with E-state index >= 15 is 0 Å². The zero-order valence-electron chi connectivity index (χ0n) is 13.2. The highest BCUT2D eigenvalue weighted by Crippen LogP contribution is 2.22. The maximum Gasteiger partial charge on any atom is 0.236 e. The lowest BCUT2D eigenvalue weighted by Crippen LogP contribution is -2.49. The number of nitrogens with zero attached hydrogens (tertiary/aromatic N) is 2. The Balaban J connectivity index is 1.51. The van der Waals surface area contributed by atoms with Crippen molar-refractivity contribution in [2.24, 2.45) is 0 Å². The molecule has 122 valence electrons. The summed E-state index contributed by atoms with van der Waals surface area (Å²) in [4.78, 5) is 18.3. The molecule has 0 bridgehead atoms. The van der Waals surface area contributed by atoms with Crippen molar-refractivity contribution in [2.75, 3.05) is 39.4 Å². The molecule has 5 heteroatoms. The predicted molar refractivity (Wildman–Crippen MR) is 89.3 cm³/mol. The number of thiophene rings is 1. The quantitative estimate of drug-likeness (QED) is 0.834. The monoisotopic (exact) mass is 322 g/mol. The largest absolute Gasteiger partial charge is 0.378 e. The van der Waals surface area contributed by atoms with Gasteiger partial charge in [-0.25, -0.2) is 0 Å². The van der Waals surface area contributed by atoms with Crippen LogP contribution in [0.3, 0.4) is 0 Å². The number of carbonyl (C=O) groups is 1. The first-order chi connectivity index (χ1) is 10.8. The molecule has 0 saturated carbocycles. The van der Waals surface area contributed by atoms with Gasteiger partial charge in [-0.3, -0.25) is 9.69 Å². The van der Waals surface area contributed by atoms with Gasteiger partial charge in [0.2, 0.25) is 5.91 Å². The highest BCUT2D eigenvalue weighted by molar-refractivity contribution is 7.09. The summed E-state index contributed by atoms with van der Waals surface area (Å²) in [7, 11) is 0. The molecule has 1 amide bonds. The minimum absolute atomic E-state index is 0.284. The molecule has 0 N–H and O–H groups in total. The molecule has 0 spiro atoms.